The second-order valence-electron chi connectivity index (χ2n) is 5.46. The fraction of sp³-hybridized carbons (Fsp3) is 0.0588. The summed E-state index contributed by atoms with van der Waals surface area (Å²) in [7, 11) is 0. The number of anilines is 1. The number of rotatable bonds is 3. The second-order valence-corrected chi connectivity index (χ2v) is 5.46. The van der Waals surface area contributed by atoms with Crippen LogP contribution in [0.5, 0.6) is 5.75 Å². The van der Waals surface area contributed by atoms with Gasteiger partial charge in [-0.05, 0) is 36.4 Å². The fourth-order valence-electron chi connectivity index (χ4n) is 2.37. The van der Waals surface area contributed by atoms with Crippen LogP contribution in [-0.2, 0) is 9.59 Å². The molecule has 8 heteroatoms. The lowest BCUT2D eigenvalue weighted by Gasteiger charge is -2.14. The predicted molar refractivity (Wildman–Crippen MR) is 87.3 cm³/mol. The van der Waals surface area contributed by atoms with Gasteiger partial charge in [0.05, 0.1) is 10.6 Å². The predicted octanol–water partition coefficient (Wildman–Crippen LogP) is 1.44. The van der Waals surface area contributed by atoms with E-state index in [0.29, 0.717) is 5.69 Å². The van der Waals surface area contributed by atoms with E-state index in [1.165, 1.54) is 12.1 Å². The number of nitrogens with one attached hydrogen (secondary N) is 1. The van der Waals surface area contributed by atoms with Crippen LogP contribution in [0.2, 0.25) is 0 Å². The maximum atomic E-state index is 12.5. The molecule has 1 aliphatic heterocycles. The van der Waals surface area contributed by atoms with Crippen molar-refractivity contribution < 1.29 is 19.6 Å². The van der Waals surface area contributed by atoms with E-state index < -0.39 is 28.2 Å². The summed E-state index contributed by atoms with van der Waals surface area (Å²) in [5, 5.41) is 23.4. The Kier molecular flexibility index (Phi) is 3.94. The van der Waals surface area contributed by atoms with Crippen LogP contribution in [0.3, 0.4) is 0 Å². The van der Waals surface area contributed by atoms with Crippen molar-refractivity contribution in [2.45, 2.75) is 6.92 Å². The van der Waals surface area contributed by atoms with Crippen LogP contribution in [0.4, 0.5) is 11.4 Å². The summed E-state index contributed by atoms with van der Waals surface area (Å²) in [6.45, 7) is 1.89. The normalized spacial score (nSPS) is 15.6. The van der Waals surface area contributed by atoms with Gasteiger partial charge < -0.3 is 5.11 Å². The number of nitro groups is 1. The van der Waals surface area contributed by atoms with Crippen LogP contribution < -0.4 is 15.5 Å². The number of hydrogen-bond donors (Lipinski definition) is 1. The van der Waals surface area contributed by atoms with Crippen molar-refractivity contribution in [3.8, 4) is 5.75 Å². The third-order valence-electron chi connectivity index (χ3n) is 3.67. The molecule has 1 N–H and O–H groups in total. The second kappa shape index (κ2) is 6.08. The Morgan fingerprint density at radius 2 is 1.80 bits per heavy atom. The summed E-state index contributed by atoms with van der Waals surface area (Å²) in [6.07, 6.45) is 1.22. The van der Waals surface area contributed by atoms with Crippen LogP contribution in [0.1, 0.15) is 11.1 Å². The Bertz CT molecular complexity index is 918. The molecule has 1 heterocycles. The SMILES string of the molecule is Cc1ccc(N2NC(=O)/C(=C/c3ccc([O-])c([N+](=O)[O-])c3)C2=O)cc1. The molecule has 3 rings (SSSR count). The highest BCUT2D eigenvalue weighted by molar-refractivity contribution is 6.31. The van der Waals surface area contributed by atoms with Gasteiger partial charge in [-0.2, -0.15) is 0 Å². The minimum atomic E-state index is -0.806. The Hall–Kier alpha value is -3.68. The smallest absolute Gasteiger partial charge is 0.282 e. The summed E-state index contributed by atoms with van der Waals surface area (Å²) < 4.78 is 0. The Balaban J connectivity index is 1.95. The molecule has 0 spiro atoms. The van der Waals surface area contributed by atoms with Gasteiger partial charge in [-0.25, -0.2) is 5.01 Å². The first-order valence-corrected chi connectivity index (χ1v) is 7.26. The van der Waals surface area contributed by atoms with Gasteiger partial charge >= 0.3 is 0 Å². The number of carbonyl (C=O) groups is 2. The number of nitrogens with zero attached hydrogens (tertiary/aromatic N) is 2. The van der Waals surface area contributed by atoms with Gasteiger partial charge in [0.2, 0.25) is 0 Å². The van der Waals surface area contributed by atoms with Crippen molar-refractivity contribution >= 4 is 29.3 Å². The van der Waals surface area contributed by atoms with Crippen molar-refractivity contribution in [2.75, 3.05) is 5.01 Å². The Labute approximate surface area is 142 Å². The molecule has 0 saturated carbocycles. The topological polar surface area (TPSA) is 116 Å². The van der Waals surface area contributed by atoms with Crippen molar-refractivity contribution in [1.29, 1.82) is 0 Å². The zero-order valence-corrected chi connectivity index (χ0v) is 13.1. The number of hydrazine groups is 1. The van der Waals surface area contributed by atoms with E-state index in [2.05, 4.69) is 5.43 Å². The third kappa shape index (κ3) is 3.05. The number of amides is 2. The molecule has 0 atom stereocenters. The van der Waals surface area contributed by atoms with Gasteiger partial charge in [-0.15, -0.1) is 0 Å². The van der Waals surface area contributed by atoms with Crippen molar-refractivity contribution in [1.82, 2.24) is 5.43 Å². The summed E-state index contributed by atoms with van der Waals surface area (Å²) in [5.41, 5.74) is 3.37. The molecule has 0 radical (unpaired) electrons. The standard InChI is InChI=1S/C17H13N3O5/c1-10-2-5-12(6-3-10)19-17(23)13(16(22)18-19)8-11-4-7-15(21)14(9-11)20(24)25/h2-9,21H,1H3,(H,18,22)/p-1/b13-8-. The molecule has 2 amide bonds. The molecule has 2 aromatic rings. The number of aryl methyl sites for hydroxylation is 1. The molecule has 1 aliphatic rings. The highest BCUT2D eigenvalue weighted by Crippen LogP contribution is 2.26. The van der Waals surface area contributed by atoms with E-state index in [4.69, 9.17) is 0 Å². The summed E-state index contributed by atoms with van der Waals surface area (Å²) in [4.78, 5) is 34.6. The Morgan fingerprint density at radius 1 is 1.12 bits per heavy atom. The van der Waals surface area contributed by atoms with E-state index >= 15 is 0 Å². The average molecular weight is 338 g/mol. The lowest BCUT2D eigenvalue weighted by molar-refractivity contribution is -0.398. The van der Waals surface area contributed by atoms with Crippen molar-refractivity contribution in [3.63, 3.8) is 0 Å². The molecule has 0 aromatic heterocycles. The molecule has 0 unspecified atom stereocenters. The van der Waals surface area contributed by atoms with Gasteiger partial charge in [-0.1, -0.05) is 29.8 Å². The van der Waals surface area contributed by atoms with Crippen molar-refractivity contribution in [3.05, 3.63) is 69.3 Å². The number of nitro benzene ring substituents is 1. The van der Waals surface area contributed by atoms with E-state index in [1.54, 1.807) is 24.3 Å². The highest BCUT2D eigenvalue weighted by atomic mass is 16.6. The third-order valence-corrected chi connectivity index (χ3v) is 3.67. The molecule has 0 aliphatic carbocycles. The molecule has 8 nitrogen and oxygen atoms in total. The molecular weight excluding hydrogens is 326 g/mol. The zero-order chi connectivity index (χ0) is 18.1. The van der Waals surface area contributed by atoms with Gasteiger partial charge in [-0.3, -0.25) is 25.1 Å². The molecule has 1 saturated heterocycles. The number of carbonyl (C=O) groups excluding carboxylic acids is 2. The molecule has 1 fully saturated rings. The lowest BCUT2D eigenvalue weighted by Crippen LogP contribution is -2.35. The molecule has 0 bridgehead atoms. The first-order valence-electron chi connectivity index (χ1n) is 7.26. The summed E-state index contributed by atoms with van der Waals surface area (Å²) in [6, 6.07) is 10.3. The van der Waals surface area contributed by atoms with Crippen LogP contribution >= 0.6 is 0 Å². The zero-order valence-electron chi connectivity index (χ0n) is 13.1. The molecule has 25 heavy (non-hydrogen) atoms. The minimum Gasteiger partial charge on any atom is -0.868 e. The van der Waals surface area contributed by atoms with Crippen LogP contribution in [0.15, 0.2) is 48.0 Å². The maximum Gasteiger partial charge on any atom is 0.282 e. The van der Waals surface area contributed by atoms with Gasteiger partial charge in [0.1, 0.15) is 5.57 Å². The average Bonchev–Trinajstić information content (AvgIpc) is 2.85. The largest absolute Gasteiger partial charge is 0.868 e. The van der Waals surface area contributed by atoms with Crippen LogP contribution in [0, 0.1) is 17.0 Å². The molecular formula is C17H12N3O5-. The van der Waals surface area contributed by atoms with Gasteiger partial charge in [0, 0.05) is 6.07 Å². The minimum absolute atomic E-state index is 0.173. The van der Waals surface area contributed by atoms with Gasteiger partial charge in [0.25, 0.3) is 17.5 Å². The monoisotopic (exact) mass is 338 g/mol. The fourth-order valence-corrected chi connectivity index (χ4v) is 2.37. The van der Waals surface area contributed by atoms with Crippen LogP contribution in [0.25, 0.3) is 6.08 Å². The summed E-state index contributed by atoms with van der Waals surface area (Å²) in [5.74, 6) is -1.95. The number of hydrogen-bond acceptors (Lipinski definition) is 5. The van der Waals surface area contributed by atoms with Crippen LogP contribution in [-0.4, -0.2) is 16.7 Å². The van der Waals surface area contributed by atoms with E-state index in [9.17, 15) is 24.8 Å². The van der Waals surface area contributed by atoms with Gasteiger partial charge in [0.15, 0.2) is 0 Å². The van der Waals surface area contributed by atoms with Crippen molar-refractivity contribution in [2.24, 2.45) is 0 Å². The first-order chi connectivity index (χ1) is 11.9. The van der Waals surface area contributed by atoms with E-state index in [-0.39, 0.29) is 11.1 Å². The molecule has 2 aromatic carbocycles. The highest BCUT2D eigenvalue weighted by Gasteiger charge is 2.34. The van der Waals surface area contributed by atoms with E-state index in [1.807, 2.05) is 6.92 Å². The quantitative estimate of drug-likeness (QED) is 0.393. The maximum absolute atomic E-state index is 12.5. The lowest BCUT2D eigenvalue weighted by atomic mass is 10.1. The molecule has 126 valence electrons. The Morgan fingerprint density at radius 3 is 2.44 bits per heavy atom. The number of benzene rings is 2. The summed E-state index contributed by atoms with van der Waals surface area (Å²) >= 11 is 0. The van der Waals surface area contributed by atoms with E-state index in [0.717, 1.165) is 22.7 Å². The first kappa shape index (κ1) is 16.2.